The minimum atomic E-state index is -0.771. The zero-order valence-corrected chi connectivity index (χ0v) is 6.92. The highest BCUT2D eigenvalue weighted by molar-refractivity contribution is 5.88. The van der Waals surface area contributed by atoms with Crippen molar-refractivity contribution in [3.63, 3.8) is 0 Å². The average molecular weight is 153 g/mol. The minimum absolute atomic E-state index is 0.119. The third kappa shape index (κ3) is 2.50. The lowest BCUT2D eigenvalue weighted by Gasteiger charge is -2.09. The van der Waals surface area contributed by atoms with Crippen molar-refractivity contribution >= 4 is 11.6 Å². The van der Waals surface area contributed by atoms with Crippen LogP contribution in [0.4, 0.5) is 0 Å². The summed E-state index contributed by atoms with van der Waals surface area (Å²) >= 11 is 0. The van der Waals surface area contributed by atoms with Gasteiger partial charge in [-0.3, -0.25) is 9.59 Å². The number of carbonyl (C=O) groups is 2. The van der Waals surface area contributed by atoms with Crippen LogP contribution < -0.4 is 0 Å². The largest absolute Gasteiger partial charge is 0.300 e. The molecule has 3 heteroatoms. The van der Waals surface area contributed by atoms with Crippen LogP contribution in [-0.4, -0.2) is 11.6 Å². The fraction of sp³-hybridized carbons (Fsp3) is 0.625. The summed E-state index contributed by atoms with van der Waals surface area (Å²) in [5, 5.41) is 8.49. The molecule has 0 aliphatic heterocycles. The lowest BCUT2D eigenvalue weighted by atomic mass is 9.89. The van der Waals surface area contributed by atoms with Crippen LogP contribution in [0.3, 0.4) is 0 Å². The van der Waals surface area contributed by atoms with Crippen molar-refractivity contribution in [3.8, 4) is 6.07 Å². The first kappa shape index (κ1) is 9.83. The van der Waals surface area contributed by atoms with E-state index in [0.29, 0.717) is 0 Å². The summed E-state index contributed by atoms with van der Waals surface area (Å²) in [6, 6.07) is 1.81. The van der Waals surface area contributed by atoms with Gasteiger partial charge in [-0.15, -0.1) is 0 Å². The quantitative estimate of drug-likeness (QED) is 0.606. The number of carbonyl (C=O) groups excluding carboxylic acids is 2. The molecule has 0 aromatic rings. The zero-order chi connectivity index (χ0) is 9.02. The van der Waals surface area contributed by atoms with Gasteiger partial charge in [0.2, 0.25) is 0 Å². The number of nitriles is 1. The van der Waals surface area contributed by atoms with E-state index in [2.05, 4.69) is 0 Å². The molecule has 0 rings (SSSR count). The van der Waals surface area contributed by atoms with Crippen LogP contribution in [0, 0.1) is 23.2 Å². The Bertz CT molecular complexity index is 215. The van der Waals surface area contributed by atoms with Gasteiger partial charge in [-0.2, -0.15) is 5.26 Å². The lowest BCUT2D eigenvalue weighted by molar-refractivity contribution is -0.127. The third-order valence-corrected chi connectivity index (χ3v) is 1.72. The van der Waals surface area contributed by atoms with E-state index in [9.17, 15) is 9.59 Å². The standard InChI is InChI=1S/C8H11NO2/c1-5(6(2)10)8(4-9)7(3)11/h5,8H,1-3H3. The molecule has 0 bridgehead atoms. The Labute approximate surface area is 66.0 Å². The van der Waals surface area contributed by atoms with E-state index in [0.717, 1.165) is 0 Å². The molecule has 0 saturated carbocycles. The molecule has 2 unspecified atom stereocenters. The Kier molecular flexibility index (Phi) is 3.46. The molecule has 0 aliphatic carbocycles. The molecule has 11 heavy (non-hydrogen) atoms. The van der Waals surface area contributed by atoms with Gasteiger partial charge < -0.3 is 0 Å². The summed E-state index contributed by atoms with van der Waals surface area (Å²) in [5.41, 5.74) is 0. The van der Waals surface area contributed by atoms with E-state index >= 15 is 0 Å². The molecule has 0 fully saturated rings. The summed E-state index contributed by atoms with van der Waals surface area (Å²) in [7, 11) is 0. The van der Waals surface area contributed by atoms with Crippen molar-refractivity contribution in [1.82, 2.24) is 0 Å². The Hall–Kier alpha value is -1.17. The third-order valence-electron chi connectivity index (χ3n) is 1.72. The molecule has 0 amide bonds. The molecule has 0 spiro atoms. The van der Waals surface area contributed by atoms with Gasteiger partial charge in [-0.25, -0.2) is 0 Å². The van der Waals surface area contributed by atoms with Gasteiger partial charge in [0.05, 0.1) is 6.07 Å². The SMILES string of the molecule is CC(=O)C(C)C(C#N)C(C)=O. The summed E-state index contributed by atoms with van der Waals surface area (Å²) in [6.45, 7) is 4.31. The van der Waals surface area contributed by atoms with Crippen LogP contribution in [0.25, 0.3) is 0 Å². The molecular formula is C8H11NO2. The lowest BCUT2D eigenvalue weighted by Crippen LogP contribution is -2.23. The first-order valence-electron chi connectivity index (χ1n) is 3.41. The van der Waals surface area contributed by atoms with Gasteiger partial charge in [-0.1, -0.05) is 6.92 Å². The van der Waals surface area contributed by atoms with E-state index in [-0.39, 0.29) is 11.6 Å². The molecule has 0 aromatic carbocycles. The molecule has 0 radical (unpaired) electrons. The maximum atomic E-state index is 10.7. The van der Waals surface area contributed by atoms with Crippen molar-refractivity contribution < 1.29 is 9.59 Å². The van der Waals surface area contributed by atoms with Gasteiger partial charge in [-0.05, 0) is 13.8 Å². The van der Waals surface area contributed by atoms with Crippen molar-refractivity contribution in [3.05, 3.63) is 0 Å². The molecule has 2 atom stereocenters. The van der Waals surface area contributed by atoms with Crippen LogP contribution in [0.5, 0.6) is 0 Å². The summed E-state index contributed by atoms with van der Waals surface area (Å²) in [5.74, 6) is -1.60. The fourth-order valence-electron chi connectivity index (χ4n) is 0.789. The normalized spacial score (nSPS) is 14.7. The number of ketones is 2. The number of hydrogen-bond acceptors (Lipinski definition) is 3. The Morgan fingerprint density at radius 3 is 1.82 bits per heavy atom. The minimum Gasteiger partial charge on any atom is -0.300 e. The Balaban J connectivity index is 4.42. The van der Waals surface area contributed by atoms with Crippen molar-refractivity contribution in [2.24, 2.45) is 11.8 Å². The highest BCUT2D eigenvalue weighted by atomic mass is 16.1. The van der Waals surface area contributed by atoms with E-state index < -0.39 is 11.8 Å². The van der Waals surface area contributed by atoms with Crippen LogP contribution in [0.1, 0.15) is 20.8 Å². The second-order valence-corrected chi connectivity index (χ2v) is 2.62. The fourth-order valence-corrected chi connectivity index (χ4v) is 0.789. The monoisotopic (exact) mass is 153 g/mol. The predicted molar refractivity (Wildman–Crippen MR) is 39.6 cm³/mol. The predicted octanol–water partition coefficient (Wildman–Crippen LogP) is 0.940. The van der Waals surface area contributed by atoms with Crippen LogP contribution >= 0.6 is 0 Å². The molecule has 0 saturated heterocycles. The van der Waals surface area contributed by atoms with E-state index in [4.69, 9.17) is 5.26 Å². The number of rotatable bonds is 3. The van der Waals surface area contributed by atoms with Gasteiger partial charge in [0.25, 0.3) is 0 Å². The van der Waals surface area contributed by atoms with Crippen molar-refractivity contribution in [2.75, 3.05) is 0 Å². The van der Waals surface area contributed by atoms with Gasteiger partial charge >= 0.3 is 0 Å². The second kappa shape index (κ2) is 3.87. The topological polar surface area (TPSA) is 57.9 Å². The highest BCUT2D eigenvalue weighted by Gasteiger charge is 2.24. The smallest absolute Gasteiger partial charge is 0.147 e. The molecule has 0 heterocycles. The molecular weight excluding hydrogens is 142 g/mol. The van der Waals surface area contributed by atoms with Crippen LogP contribution in [-0.2, 0) is 9.59 Å². The van der Waals surface area contributed by atoms with E-state index in [1.54, 1.807) is 6.92 Å². The number of hydrogen-bond donors (Lipinski definition) is 0. The second-order valence-electron chi connectivity index (χ2n) is 2.62. The molecule has 60 valence electrons. The zero-order valence-electron chi connectivity index (χ0n) is 6.92. The Morgan fingerprint density at radius 2 is 1.73 bits per heavy atom. The Morgan fingerprint density at radius 1 is 1.27 bits per heavy atom. The maximum Gasteiger partial charge on any atom is 0.147 e. The molecule has 0 N–H and O–H groups in total. The van der Waals surface area contributed by atoms with Crippen molar-refractivity contribution in [2.45, 2.75) is 20.8 Å². The van der Waals surface area contributed by atoms with Crippen molar-refractivity contribution in [1.29, 1.82) is 5.26 Å². The van der Waals surface area contributed by atoms with E-state index in [1.165, 1.54) is 13.8 Å². The van der Waals surface area contributed by atoms with Gasteiger partial charge in [0.1, 0.15) is 17.5 Å². The van der Waals surface area contributed by atoms with Gasteiger partial charge in [0.15, 0.2) is 0 Å². The first-order valence-corrected chi connectivity index (χ1v) is 3.41. The highest BCUT2D eigenvalue weighted by Crippen LogP contribution is 2.12. The first-order chi connectivity index (χ1) is 5.00. The summed E-state index contributed by atoms with van der Waals surface area (Å²) in [6.07, 6.45) is 0. The summed E-state index contributed by atoms with van der Waals surface area (Å²) in [4.78, 5) is 21.5. The molecule has 0 aliphatic rings. The summed E-state index contributed by atoms with van der Waals surface area (Å²) < 4.78 is 0. The molecule has 3 nitrogen and oxygen atoms in total. The van der Waals surface area contributed by atoms with Gasteiger partial charge in [0, 0.05) is 5.92 Å². The number of Topliss-reactive ketones (excluding diaryl/α,β-unsaturated/α-hetero) is 2. The van der Waals surface area contributed by atoms with E-state index in [1.807, 2.05) is 6.07 Å². The van der Waals surface area contributed by atoms with Crippen LogP contribution in [0.15, 0.2) is 0 Å². The van der Waals surface area contributed by atoms with Crippen LogP contribution in [0.2, 0.25) is 0 Å². The molecule has 0 aromatic heterocycles. The number of nitrogens with zero attached hydrogens (tertiary/aromatic N) is 1. The average Bonchev–Trinajstić information content (AvgIpc) is 1.88. The maximum absolute atomic E-state index is 10.7.